The zero-order valence-corrected chi connectivity index (χ0v) is 81.9. The number of aromatic hydroxyl groups is 1. The number of hydrogen-bond donors (Lipinski definition) is 5. The number of ether oxygens (including phenoxy) is 5. The Labute approximate surface area is 812 Å². The topological polar surface area (TPSA) is 497 Å². The third-order valence-electron chi connectivity index (χ3n) is 19.2. The summed E-state index contributed by atoms with van der Waals surface area (Å²) in [5.41, 5.74) is 5.18. The molecule has 4 atom stereocenters. The predicted octanol–water partition coefficient (Wildman–Crippen LogP) is 15.3. The van der Waals surface area contributed by atoms with E-state index in [0.717, 1.165) is 27.4 Å². The highest BCUT2D eigenvalue weighted by Crippen LogP contribution is 2.34. The van der Waals surface area contributed by atoms with Crippen LogP contribution >= 0.6 is 60.2 Å². The number of carbonyl (C=O) groups is 10. The second kappa shape index (κ2) is 46.7. The van der Waals surface area contributed by atoms with Gasteiger partial charge in [-0.15, -0.1) is 32.8 Å². The minimum Gasteiger partial charge on any atom is -0.508 e. The third-order valence-corrected chi connectivity index (χ3v) is 20.5. The number of nitrogens with one attached hydrogen (secondary N) is 3. The van der Waals surface area contributed by atoms with Crippen LogP contribution in [0.1, 0.15) is 147 Å². The van der Waals surface area contributed by atoms with Crippen LogP contribution in [0.5, 0.6) is 40.6 Å². The van der Waals surface area contributed by atoms with Gasteiger partial charge in [-0.1, -0.05) is 12.1 Å². The molecule has 14 aromatic rings. The summed E-state index contributed by atoms with van der Waals surface area (Å²) in [6.45, 7) is 22.9. The van der Waals surface area contributed by atoms with Crippen molar-refractivity contribution < 1.29 is 90.6 Å². The molecule has 4 aromatic carbocycles. The molecule has 10 aromatic heterocycles. The van der Waals surface area contributed by atoms with Crippen LogP contribution in [0.15, 0.2) is 172 Å². The first-order valence-electron chi connectivity index (χ1n) is 41.8. The lowest BCUT2D eigenvalue weighted by Crippen LogP contribution is -2.44. The highest BCUT2D eigenvalue weighted by atomic mass is 79.9. The molecule has 137 heavy (non-hydrogen) atoms. The molecule has 45 heteroatoms. The number of aliphatic carboxylic acids is 1. The van der Waals surface area contributed by atoms with Gasteiger partial charge in [0, 0.05) is 86.8 Å². The van der Waals surface area contributed by atoms with E-state index in [0.29, 0.717) is 87.6 Å². The van der Waals surface area contributed by atoms with Crippen LogP contribution in [-0.4, -0.2) is 212 Å². The van der Waals surface area contributed by atoms with E-state index in [1.807, 2.05) is 39.8 Å². The van der Waals surface area contributed by atoms with Crippen LogP contribution in [0, 0.1) is 27.7 Å². The van der Waals surface area contributed by atoms with E-state index in [4.69, 9.17) is 28.8 Å². The average Bonchev–Trinajstić information content (AvgIpc) is 1.53. The van der Waals surface area contributed by atoms with Gasteiger partial charge in [0.15, 0.2) is 23.1 Å². The molecule has 2 saturated heterocycles. The van der Waals surface area contributed by atoms with Crippen LogP contribution in [0.3, 0.4) is 0 Å². The number of aromatic nitrogens is 18. The molecule has 16 rings (SSSR count). The minimum atomic E-state index is -1.35. The highest BCUT2D eigenvalue weighted by Gasteiger charge is 2.41. The summed E-state index contributed by atoms with van der Waals surface area (Å²) in [5.74, 6) is -1.10. The molecule has 0 radical (unpaired) electrons. The van der Waals surface area contributed by atoms with Crippen LogP contribution < -0.4 is 30.2 Å². The molecular formula is C92H94Br3ClF2N22O17. The Kier molecular flexibility index (Phi) is 35.7. The number of esters is 2. The number of phenols is 1. The average molecular weight is 2090 g/mol. The minimum absolute atomic E-state index is 0. The van der Waals surface area contributed by atoms with E-state index >= 15 is 0 Å². The fourth-order valence-electron chi connectivity index (χ4n) is 13.3. The van der Waals surface area contributed by atoms with E-state index in [9.17, 15) is 61.8 Å². The van der Waals surface area contributed by atoms with Crippen molar-refractivity contribution >= 4 is 174 Å². The zero-order valence-electron chi connectivity index (χ0n) is 76.3. The number of Topliss-reactive ketones (excluding diaryl/α,β-unsaturated/α-hetero) is 4. The number of hydrogen-bond acceptors (Lipinski definition) is 31. The number of phenolic OH excluding ortho intramolecular Hbond substituents is 1. The quantitative estimate of drug-likeness (QED) is 0.0239. The first kappa shape index (κ1) is 105. The standard InChI is InChI=1S/C26H23BrFN7O4.C20H22N4O4.C16H14N4O4.C15H18N2O4.C10H11BrFN3O.C5H5BrN2.ClH/c1-14-6-9-23(32-31-14)39-17-7-8-19-18(11-17)25(15(2)36)33-35(19)13-24(37)34-12-16(28)10-20(34)26(38)30-22-5-3-4-21(27)29-22;1-12-6-9-17(22-21-12)27-14-7-8-16-15(10-14)19(13(2)25)23-24(16)11-18(26)28-20(3,4)5;1-9-3-6-14(18-17-9)24-11-4-5-13-12(7-11)16(10(2)21)19-20(13)8-15(22)23;1-9(18)14-11-7-10(19)5-6-12(11)17(16-14)8-13(20)21-15(2,3)4;11-8-2-1-3-9(14-8)15-10(16)7-4-6(12)5-13-7;1-4-2-3-5(6)8-7-4;/h3-9,11,16,20H,10,12-13H2,1-2H3,(H,29,30,38);6-10H,11H2,1-5H3;3-7H,8H2,1-2H3,(H,22,23);5-7,19H,8H2,1-4H3;1-3,6-7,13H,4-5H2,(H,14,15,16);2-3H,1H3;1H/t16-,20+;;;;6-,7+;;/m1...1../s1. The SMILES string of the molecule is CC(=O)c1nn(CC(=O)N2C[C@H](F)C[C@H]2C(=O)Nc2cccc(Br)n2)c2ccc(Oc3ccc(C)nn3)cc12.CC(=O)c1nn(CC(=O)O)c2ccc(Oc3ccc(C)nn3)cc12.CC(=O)c1nn(CC(=O)OC(C)(C)C)c2ccc(O)cc12.CC(=O)c1nn(CC(=O)OC(C)(C)C)c2ccc(Oc3ccc(C)nn3)cc12.Cc1ccc(Br)nn1.Cl.O=C(Nc1cccc(Br)n1)[C@@H]1C[C@@H](F)CN1. The third kappa shape index (κ3) is 30.1. The molecule has 5 N–H and O–H groups in total. The molecule has 39 nitrogen and oxygen atoms in total. The largest absolute Gasteiger partial charge is 0.508 e. The molecular weight excluding hydrogens is 2000 g/mol. The number of rotatable bonds is 22. The number of pyridine rings is 2. The Morgan fingerprint density at radius 1 is 0.438 bits per heavy atom. The van der Waals surface area contributed by atoms with Gasteiger partial charge in [0.05, 0.1) is 57.4 Å². The van der Waals surface area contributed by atoms with Gasteiger partial charge in [0.2, 0.25) is 35.4 Å². The summed E-state index contributed by atoms with van der Waals surface area (Å²) in [6.07, 6.45) is -2.20. The molecule has 0 spiro atoms. The molecule has 0 bridgehead atoms. The van der Waals surface area contributed by atoms with Gasteiger partial charge < -0.3 is 54.7 Å². The number of likely N-dealkylation sites (tertiary alicyclic amines) is 1. The summed E-state index contributed by atoms with van der Waals surface area (Å²) >= 11 is 9.62. The predicted molar refractivity (Wildman–Crippen MR) is 510 cm³/mol. The molecule has 2 aliphatic heterocycles. The molecule has 3 amide bonds. The number of carbonyl (C=O) groups excluding carboxylic acids is 9. The van der Waals surface area contributed by atoms with Crippen molar-refractivity contribution in [3.05, 3.63) is 217 Å². The number of carboxylic acid groups (broad SMARTS) is 1. The first-order valence-corrected chi connectivity index (χ1v) is 44.2. The fourth-order valence-corrected chi connectivity index (χ4v) is 14.2. The molecule has 0 aliphatic carbocycles. The number of fused-ring (bicyclic) bond motifs is 4. The van der Waals surface area contributed by atoms with Crippen LogP contribution in [0.25, 0.3) is 43.6 Å². The van der Waals surface area contributed by atoms with Crippen molar-refractivity contribution in [3.63, 3.8) is 0 Å². The van der Waals surface area contributed by atoms with Gasteiger partial charge in [-0.25, -0.2) is 18.7 Å². The Hall–Kier alpha value is -14.4. The van der Waals surface area contributed by atoms with Gasteiger partial charge >= 0.3 is 17.9 Å². The first-order chi connectivity index (χ1) is 64.3. The van der Waals surface area contributed by atoms with Crippen LogP contribution in [0.4, 0.5) is 20.4 Å². The summed E-state index contributed by atoms with van der Waals surface area (Å²) < 4.78 is 62.5. The van der Waals surface area contributed by atoms with Gasteiger partial charge in [-0.3, -0.25) is 66.7 Å². The summed E-state index contributed by atoms with van der Waals surface area (Å²) in [6, 6.07) is 42.6. The fraction of sp³-hybridized carbons (Fsp3) is 0.304. The molecule has 0 saturated carbocycles. The van der Waals surface area contributed by atoms with Crippen molar-refractivity contribution in [1.82, 2.24) is 100 Å². The maximum absolute atomic E-state index is 14.4. The molecule has 2 fully saturated rings. The maximum atomic E-state index is 14.4. The number of amides is 3. The van der Waals surface area contributed by atoms with E-state index in [1.165, 1.54) is 63.5 Å². The number of anilines is 2. The number of carboxylic acids is 1. The number of alkyl halides is 2. The Morgan fingerprint density at radius 2 is 0.803 bits per heavy atom. The van der Waals surface area contributed by atoms with Crippen molar-refractivity contribution in [3.8, 4) is 40.6 Å². The summed E-state index contributed by atoms with van der Waals surface area (Å²) in [7, 11) is 0. The van der Waals surface area contributed by atoms with E-state index in [-0.39, 0.29) is 134 Å². The zero-order chi connectivity index (χ0) is 98.7. The summed E-state index contributed by atoms with van der Waals surface area (Å²) in [5, 5.41) is 76.8. The smallest absolute Gasteiger partial charge is 0.328 e. The van der Waals surface area contributed by atoms with Gasteiger partial charge in [-0.05, 0) is 244 Å². The number of benzene rings is 4. The van der Waals surface area contributed by atoms with Crippen LogP contribution in [0.2, 0.25) is 0 Å². The lowest BCUT2D eigenvalue weighted by molar-refractivity contribution is -0.156. The van der Waals surface area contributed by atoms with E-state index < -0.39 is 65.4 Å². The number of aryl methyl sites for hydroxylation is 4. The summed E-state index contributed by atoms with van der Waals surface area (Å²) in [4.78, 5) is 130. The van der Waals surface area contributed by atoms with Crippen molar-refractivity contribution in [2.75, 3.05) is 23.7 Å². The Morgan fingerprint density at radius 3 is 1.14 bits per heavy atom. The van der Waals surface area contributed by atoms with Crippen molar-refractivity contribution in [2.24, 2.45) is 0 Å². The second-order valence-corrected chi connectivity index (χ2v) is 35.2. The lowest BCUT2D eigenvalue weighted by Gasteiger charge is -2.23. The Bertz CT molecular complexity index is 6760. The molecule has 12 heterocycles. The van der Waals surface area contributed by atoms with Gasteiger partial charge in [0.25, 0.3) is 0 Å². The molecule has 716 valence electrons. The van der Waals surface area contributed by atoms with E-state index in [2.05, 4.69) is 135 Å². The molecule has 2 aliphatic rings. The van der Waals surface area contributed by atoms with Crippen molar-refractivity contribution in [1.29, 1.82) is 0 Å². The number of ketones is 4. The van der Waals surface area contributed by atoms with Crippen molar-refractivity contribution in [2.45, 2.75) is 172 Å². The molecule has 0 unspecified atom stereocenters. The monoisotopic (exact) mass is 2090 g/mol. The van der Waals surface area contributed by atoms with Gasteiger partial charge in [0.1, 0.15) is 127 Å². The maximum Gasteiger partial charge on any atom is 0.328 e. The van der Waals surface area contributed by atoms with E-state index in [1.54, 1.807) is 175 Å². The Balaban J connectivity index is 0.000000177. The van der Waals surface area contributed by atoms with Crippen LogP contribution in [-0.2, 0) is 64.4 Å². The lowest BCUT2D eigenvalue weighted by atomic mass is 10.1. The normalized spacial score (nSPS) is 14.2. The number of halogens is 6. The van der Waals surface area contributed by atoms with Gasteiger partial charge in [-0.2, -0.15) is 40.8 Å². The number of nitrogens with zero attached hydrogens (tertiary/aromatic N) is 19. The highest BCUT2D eigenvalue weighted by molar-refractivity contribution is 9.11. The second-order valence-electron chi connectivity index (χ2n) is 32.8.